The van der Waals surface area contributed by atoms with Gasteiger partial charge in [0.05, 0.1) is 37.7 Å². The summed E-state index contributed by atoms with van der Waals surface area (Å²) < 4.78 is 10.9. The Morgan fingerprint density at radius 1 is 1.11 bits per heavy atom. The van der Waals surface area contributed by atoms with E-state index in [0.717, 1.165) is 48.4 Å². The Balaban J connectivity index is 1.05. The maximum atomic E-state index is 13.1. The molecule has 6 atom stereocenters. The third-order valence-corrected chi connectivity index (χ3v) is 8.98. The zero-order valence-corrected chi connectivity index (χ0v) is 20.1. The highest BCUT2D eigenvalue weighted by atomic mass is 16.5. The Hall–Kier alpha value is -2.91. The number of aromatic nitrogens is 2. The summed E-state index contributed by atoms with van der Waals surface area (Å²) in [6.07, 6.45) is 8.47. The second-order valence-electron chi connectivity index (χ2n) is 10.8. The number of carbonyl (C=O) groups excluding carboxylic acids is 1. The lowest BCUT2D eigenvalue weighted by Crippen LogP contribution is -2.39. The molecule has 1 aromatic carbocycles. The molecule has 7 rings (SSSR count). The minimum absolute atomic E-state index is 0.0616. The standard InChI is InChI=1S/C26H32N6O3/c1-34-15-6-8-19-17(10-15)26(25(33)29-19)11-18(26)14-5-7-16-20(9-14)31-32-22(16)30-23-24(35-2)27-12-21(28-23)13-3-4-13/h6,8,10,12-14,16,18,20,22,31-32H,3-5,7,9,11H2,1-2H3,(H,28,30)(H,29,33)/t14?,16?,18-,20?,22?,26-/m0/s1. The first-order valence-electron chi connectivity index (χ1n) is 12.8. The minimum atomic E-state index is -0.378. The molecule has 3 saturated carbocycles. The van der Waals surface area contributed by atoms with Crippen LogP contribution in [0.1, 0.15) is 55.7 Å². The summed E-state index contributed by atoms with van der Waals surface area (Å²) in [5.74, 6) is 4.09. The molecule has 4 fully saturated rings. The number of nitrogens with zero attached hydrogens (tertiary/aromatic N) is 2. The largest absolute Gasteiger partial charge is 0.497 e. The van der Waals surface area contributed by atoms with Gasteiger partial charge in [-0.2, -0.15) is 0 Å². The van der Waals surface area contributed by atoms with Crippen molar-refractivity contribution >= 4 is 17.4 Å². The van der Waals surface area contributed by atoms with Crippen molar-refractivity contribution in [1.29, 1.82) is 0 Å². The molecule has 1 aromatic heterocycles. The molecule has 1 amide bonds. The zero-order valence-electron chi connectivity index (χ0n) is 20.1. The number of carbonyl (C=O) groups is 1. The van der Waals surface area contributed by atoms with Crippen molar-refractivity contribution in [2.75, 3.05) is 24.9 Å². The van der Waals surface area contributed by atoms with Crippen molar-refractivity contribution in [3.8, 4) is 11.6 Å². The average Bonchev–Trinajstić information content (AvgIpc) is 3.80. The average molecular weight is 477 g/mol. The maximum Gasteiger partial charge on any atom is 0.257 e. The molecule has 2 aliphatic heterocycles. The van der Waals surface area contributed by atoms with Gasteiger partial charge in [0.15, 0.2) is 5.82 Å². The lowest BCUT2D eigenvalue weighted by atomic mass is 9.74. The van der Waals surface area contributed by atoms with Crippen molar-refractivity contribution in [2.24, 2.45) is 17.8 Å². The molecule has 4 N–H and O–H groups in total. The van der Waals surface area contributed by atoms with Crippen LogP contribution in [0.15, 0.2) is 24.4 Å². The fourth-order valence-electron chi connectivity index (χ4n) is 6.87. The number of nitrogens with one attached hydrogen (secondary N) is 4. The molecule has 35 heavy (non-hydrogen) atoms. The molecule has 3 aliphatic carbocycles. The monoisotopic (exact) mass is 476 g/mol. The second kappa shape index (κ2) is 7.80. The highest BCUT2D eigenvalue weighted by Gasteiger charge is 2.67. The van der Waals surface area contributed by atoms with E-state index in [1.54, 1.807) is 14.2 Å². The summed E-state index contributed by atoms with van der Waals surface area (Å²) in [6, 6.07) is 6.30. The van der Waals surface area contributed by atoms with E-state index < -0.39 is 0 Å². The number of amides is 1. The van der Waals surface area contributed by atoms with Crippen molar-refractivity contribution in [3.63, 3.8) is 0 Å². The van der Waals surface area contributed by atoms with Crippen LogP contribution >= 0.6 is 0 Å². The molecule has 0 radical (unpaired) electrons. The summed E-state index contributed by atoms with van der Waals surface area (Å²) in [5.41, 5.74) is 9.73. The van der Waals surface area contributed by atoms with E-state index in [-0.39, 0.29) is 17.5 Å². The van der Waals surface area contributed by atoms with Gasteiger partial charge >= 0.3 is 0 Å². The van der Waals surface area contributed by atoms with Crippen molar-refractivity contribution in [2.45, 2.75) is 62.1 Å². The number of methoxy groups -OCH3 is 2. The molecular formula is C26H32N6O3. The molecule has 2 aromatic rings. The lowest BCUT2D eigenvalue weighted by molar-refractivity contribution is -0.118. The smallest absolute Gasteiger partial charge is 0.257 e. The predicted molar refractivity (Wildman–Crippen MR) is 130 cm³/mol. The molecule has 1 spiro atoms. The quantitative estimate of drug-likeness (QED) is 0.504. The Bertz CT molecular complexity index is 1190. The van der Waals surface area contributed by atoms with Gasteiger partial charge in [0, 0.05) is 23.6 Å². The highest BCUT2D eigenvalue weighted by Crippen LogP contribution is 2.65. The summed E-state index contributed by atoms with van der Waals surface area (Å²) in [5, 5.41) is 6.70. The fraction of sp³-hybridized carbons (Fsp3) is 0.577. The van der Waals surface area contributed by atoms with Gasteiger partial charge < -0.3 is 20.1 Å². The molecule has 1 saturated heterocycles. The van der Waals surface area contributed by atoms with Crippen LogP contribution in [0.3, 0.4) is 0 Å². The van der Waals surface area contributed by atoms with Gasteiger partial charge in [0.1, 0.15) is 5.75 Å². The second-order valence-corrected chi connectivity index (χ2v) is 10.8. The number of ether oxygens (including phenoxy) is 2. The van der Waals surface area contributed by atoms with Crippen LogP contribution in [-0.4, -0.2) is 42.3 Å². The Kier molecular flexibility index (Phi) is 4.76. The van der Waals surface area contributed by atoms with Crippen LogP contribution in [0.5, 0.6) is 11.6 Å². The summed E-state index contributed by atoms with van der Waals surface area (Å²) in [6.45, 7) is 0. The Morgan fingerprint density at radius 3 is 2.80 bits per heavy atom. The first-order chi connectivity index (χ1) is 17.1. The van der Waals surface area contributed by atoms with E-state index in [1.165, 1.54) is 12.8 Å². The first-order valence-corrected chi connectivity index (χ1v) is 12.8. The van der Waals surface area contributed by atoms with Crippen LogP contribution in [0.2, 0.25) is 0 Å². The summed E-state index contributed by atoms with van der Waals surface area (Å²) in [7, 11) is 3.32. The maximum absolute atomic E-state index is 13.1. The molecule has 9 heteroatoms. The first kappa shape index (κ1) is 21.4. The fourth-order valence-corrected chi connectivity index (χ4v) is 6.87. The Labute approximate surface area is 204 Å². The van der Waals surface area contributed by atoms with Gasteiger partial charge in [-0.15, -0.1) is 0 Å². The van der Waals surface area contributed by atoms with E-state index in [4.69, 9.17) is 14.5 Å². The van der Waals surface area contributed by atoms with E-state index in [0.29, 0.717) is 41.4 Å². The molecule has 4 unspecified atom stereocenters. The van der Waals surface area contributed by atoms with E-state index in [1.807, 2.05) is 18.3 Å². The lowest BCUT2D eigenvalue weighted by Gasteiger charge is -2.34. The van der Waals surface area contributed by atoms with Crippen molar-refractivity contribution < 1.29 is 14.3 Å². The number of hydrogen-bond donors (Lipinski definition) is 4. The number of hydrogen-bond acceptors (Lipinski definition) is 8. The number of rotatable bonds is 6. The van der Waals surface area contributed by atoms with E-state index in [9.17, 15) is 4.79 Å². The Morgan fingerprint density at radius 2 is 2.00 bits per heavy atom. The third kappa shape index (κ3) is 3.31. The van der Waals surface area contributed by atoms with Gasteiger partial charge in [-0.3, -0.25) is 10.2 Å². The highest BCUT2D eigenvalue weighted by molar-refractivity contribution is 6.09. The topological polar surface area (TPSA) is 109 Å². The summed E-state index contributed by atoms with van der Waals surface area (Å²) in [4.78, 5) is 22.4. The van der Waals surface area contributed by atoms with Gasteiger partial charge in [-0.1, -0.05) is 0 Å². The van der Waals surface area contributed by atoms with E-state index >= 15 is 0 Å². The van der Waals surface area contributed by atoms with Gasteiger partial charge in [-0.05, 0) is 74.1 Å². The minimum Gasteiger partial charge on any atom is -0.497 e. The predicted octanol–water partition coefficient (Wildman–Crippen LogP) is 2.91. The van der Waals surface area contributed by atoms with Crippen LogP contribution in [-0.2, 0) is 10.2 Å². The van der Waals surface area contributed by atoms with Crippen molar-refractivity contribution in [3.05, 3.63) is 35.7 Å². The zero-order chi connectivity index (χ0) is 23.7. The third-order valence-electron chi connectivity index (χ3n) is 8.98. The van der Waals surface area contributed by atoms with Gasteiger partial charge in [0.25, 0.3) is 5.88 Å². The molecule has 9 nitrogen and oxygen atoms in total. The SMILES string of the molecule is COc1ccc2c(c1)[C@]1(C[C@H]1C1CCC3C(C1)NNC3Nc1nc(C3CC3)cnc1OC)C(=O)N2. The molecule has 0 bridgehead atoms. The van der Waals surface area contributed by atoms with Gasteiger partial charge in [0.2, 0.25) is 5.91 Å². The normalized spacial score (nSPS) is 34.8. The molecule has 184 valence electrons. The van der Waals surface area contributed by atoms with E-state index in [2.05, 4.69) is 32.5 Å². The van der Waals surface area contributed by atoms with Crippen molar-refractivity contribution in [1.82, 2.24) is 20.8 Å². The number of fused-ring (bicyclic) bond motifs is 3. The van der Waals surface area contributed by atoms with Crippen LogP contribution in [0.4, 0.5) is 11.5 Å². The molecule has 5 aliphatic rings. The van der Waals surface area contributed by atoms with Crippen LogP contribution < -0.4 is 31.0 Å². The van der Waals surface area contributed by atoms with Crippen LogP contribution in [0, 0.1) is 17.8 Å². The number of anilines is 2. The number of benzene rings is 1. The van der Waals surface area contributed by atoms with Crippen LogP contribution in [0.25, 0.3) is 0 Å². The molecule has 3 heterocycles. The number of hydrazine groups is 1. The summed E-state index contributed by atoms with van der Waals surface area (Å²) >= 11 is 0. The van der Waals surface area contributed by atoms with Gasteiger partial charge in [-0.25, -0.2) is 15.4 Å². The molecular weight excluding hydrogens is 444 g/mol.